The number of esters is 1. The Balaban J connectivity index is 1.62. The summed E-state index contributed by atoms with van der Waals surface area (Å²) in [7, 11) is 1.56. The first-order valence-corrected chi connectivity index (χ1v) is 12.9. The first-order valence-electron chi connectivity index (χ1n) is 12.9. The molecule has 192 valence electrons. The zero-order chi connectivity index (χ0) is 26.0. The summed E-state index contributed by atoms with van der Waals surface area (Å²) in [6.07, 6.45) is -0.180. The van der Waals surface area contributed by atoms with Gasteiger partial charge in [0.05, 0.1) is 40.5 Å². The molecule has 0 aliphatic carbocycles. The van der Waals surface area contributed by atoms with Crippen molar-refractivity contribution in [3.8, 4) is 0 Å². The van der Waals surface area contributed by atoms with Gasteiger partial charge in [0.2, 0.25) is 5.72 Å². The number of aromatic nitrogens is 2. The summed E-state index contributed by atoms with van der Waals surface area (Å²) in [5.74, 6) is -1.92. The fourth-order valence-electron chi connectivity index (χ4n) is 7.21. The number of amides is 1. The standard InChI is InChI=1S/C29H26N4O5/c1-28-29(36-2,38-21(34)11-12-30)13-20(37-28)32-18-9-5-3-7-15(18)23-24-17(14-31-27(24)35)22-16-8-4-6-10-19(16)33(28)26(22)25(23)32/h3-10,20H,11-14,30H2,1-2H3,(H,31,35)/t20?,28-,29-/m0/s1. The summed E-state index contributed by atoms with van der Waals surface area (Å²) in [5, 5.41) is 6.98. The lowest BCUT2D eigenvalue weighted by molar-refractivity contribution is -0.295. The molecule has 0 saturated carbocycles. The Labute approximate surface area is 217 Å². The van der Waals surface area contributed by atoms with Crippen molar-refractivity contribution in [3.05, 3.63) is 59.7 Å². The number of fused-ring (bicyclic) bond motifs is 13. The summed E-state index contributed by atoms with van der Waals surface area (Å²) in [4.78, 5) is 26.2. The summed E-state index contributed by atoms with van der Waals surface area (Å²) in [6, 6.07) is 16.2. The SMILES string of the molecule is CO[C@]1(OC(=O)CCN)CC2O[C@]1(C)n1c3ccccc3c3c4c(c5c6ccccc6n2c5c31)C(=O)NC4. The quantitative estimate of drug-likeness (QED) is 0.280. The molecule has 3 atom stereocenters. The minimum atomic E-state index is -1.42. The van der Waals surface area contributed by atoms with Crippen LogP contribution in [0.3, 0.4) is 0 Å². The van der Waals surface area contributed by atoms with Crippen molar-refractivity contribution < 1.29 is 23.8 Å². The minimum absolute atomic E-state index is 0.0647. The number of hydrogen-bond acceptors (Lipinski definition) is 6. The summed E-state index contributed by atoms with van der Waals surface area (Å²) >= 11 is 0. The molecule has 1 unspecified atom stereocenters. The van der Waals surface area contributed by atoms with Gasteiger partial charge >= 0.3 is 5.97 Å². The number of hydrogen-bond donors (Lipinski definition) is 2. The molecule has 38 heavy (non-hydrogen) atoms. The van der Waals surface area contributed by atoms with E-state index >= 15 is 0 Å². The highest BCUT2D eigenvalue weighted by molar-refractivity contribution is 6.31. The Bertz CT molecular complexity index is 1890. The zero-order valence-electron chi connectivity index (χ0n) is 21.0. The van der Waals surface area contributed by atoms with E-state index in [1.165, 1.54) is 0 Å². The smallest absolute Gasteiger partial charge is 0.309 e. The molecule has 5 aromatic rings. The Kier molecular flexibility index (Phi) is 4.15. The molecule has 1 amide bonds. The molecule has 3 aliphatic heterocycles. The van der Waals surface area contributed by atoms with Gasteiger partial charge in [-0.25, -0.2) is 0 Å². The van der Waals surface area contributed by atoms with Crippen molar-refractivity contribution in [2.75, 3.05) is 13.7 Å². The number of benzene rings is 3. The van der Waals surface area contributed by atoms with Gasteiger partial charge in [-0.15, -0.1) is 0 Å². The topological polar surface area (TPSA) is 110 Å². The molecule has 9 heteroatoms. The van der Waals surface area contributed by atoms with Gasteiger partial charge in [0.15, 0.2) is 0 Å². The number of rotatable bonds is 4. The van der Waals surface area contributed by atoms with Crippen LogP contribution in [0, 0.1) is 0 Å². The van der Waals surface area contributed by atoms with Crippen molar-refractivity contribution in [2.45, 2.75) is 44.1 Å². The van der Waals surface area contributed by atoms with E-state index in [2.05, 4.69) is 26.6 Å². The molecular weight excluding hydrogens is 484 g/mol. The molecule has 9 nitrogen and oxygen atoms in total. The van der Waals surface area contributed by atoms with Crippen LogP contribution >= 0.6 is 0 Å². The molecule has 8 rings (SSSR count). The number of carbonyl (C=O) groups is 2. The first-order chi connectivity index (χ1) is 18.4. The normalized spacial score (nSPS) is 25.6. The average molecular weight is 511 g/mol. The highest BCUT2D eigenvalue weighted by atomic mass is 16.8. The van der Waals surface area contributed by atoms with Gasteiger partial charge in [-0.1, -0.05) is 36.4 Å². The number of ether oxygens (including phenoxy) is 3. The Morgan fingerprint density at radius 1 is 1.11 bits per heavy atom. The van der Waals surface area contributed by atoms with Crippen LogP contribution in [-0.2, 0) is 31.3 Å². The molecule has 1 fully saturated rings. The van der Waals surface area contributed by atoms with Gasteiger partial charge in [-0.3, -0.25) is 9.59 Å². The number of nitrogens with one attached hydrogen (secondary N) is 1. The second kappa shape index (κ2) is 7.13. The number of para-hydroxylation sites is 2. The summed E-state index contributed by atoms with van der Waals surface area (Å²) in [5.41, 5.74) is 9.91. The third-order valence-electron chi connectivity index (χ3n) is 8.70. The number of methoxy groups -OCH3 is 1. The number of nitrogens with zero attached hydrogens (tertiary/aromatic N) is 2. The van der Waals surface area contributed by atoms with Crippen LogP contribution in [0.4, 0.5) is 0 Å². The Hall–Kier alpha value is -3.92. The summed E-state index contributed by atoms with van der Waals surface area (Å²) < 4.78 is 23.5. The molecule has 3 aromatic carbocycles. The lowest BCUT2D eigenvalue weighted by Gasteiger charge is -2.41. The molecule has 1 saturated heterocycles. The van der Waals surface area contributed by atoms with Crippen molar-refractivity contribution in [1.29, 1.82) is 0 Å². The van der Waals surface area contributed by atoms with E-state index in [-0.39, 0.29) is 25.3 Å². The second-order valence-electron chi connectivity index (χ2n) is 10.5. The summed E-state index contributed by atoms with van der Waals surface area (Å²) in [6.45, 7) is 2.54. The largest absolute Gasteiger partial charge is 0.427 e. The monoisotopic (exact) mass is 510 g/mol. The maximum absolute atomic E-state index is 13.3. The molecule has 3 aliphatic rings. The average Bonchev–Trinajstić information content (AvgIpc) is 3.61. The van der Waals surface area contributed by atoms with E-state index in [4.69, 9.17) is 19.9 Å². The van der Waals surface area contributed by atoms with Gasteiger partial charge in [0.25, 0.3) is 11.7 Å². The lowest BCUT2D eigenvalue weighted by atomic mass is 9.96. The Morgan fingerprint density at radius 3 is 2.55 bits per heavy atom. The van der Waals surface area contributed by atoms with Gasteiger partial charge in [0.1, 0.15) is 6.23 Å². The first kappa shape index (κ1) is 22.1. The fraction of sp³-hybridized carbons (Fsp3) is 0.310. The maximum atomic E-state index is 13.3. The van der Waals surface area contributed by atoms with Crippen LogP contribution in [0.2, 0.25) is 0 Å². The molecule has 5 heterocycles. The van der Waals surface area contributed by atoms with Crippen molar-refractivity contribution >= 4 is 55.5 Å². The molecule has 2 aromatic heterocycles. The van der Waals surface area contributed by atoms with Crippen LogP contribution in [0.25, 0.3) is 43.6 Å². The van der Waals surface area contributed by atoms with Gasteiger partial charge in [-0.2, -0.15) is 0 Å². The van der Waals surface area contributed by atoms with Gasteiger partial charge < -0.3 is 34.4 Å². The van der Waals surface area contributed by atoms with Crippen LogP contribution in [0.5, 0.6) is 0 Å². The van der Waals surface area contributed by atoms with E-state index in [9.17, 15) is 9.59 Å². The Morgan fingerprint density at radius 2 is 1.82 bits per heavy atom. The predicted molar refractivity (Wildman–Crippen MR) is 142 cm³/mol. The number of nitrogens with two attached hydrogens (primary N) is 1. The molecule has 0 spiro atoms. The highest BCUT2D eigenvalue weighted by Gasteiger charge is 2.65. The second-order valence-corrected chi connectivity index (χ2v) is 10.5. The molecular formula is C29H26N4O5. The minimum Gasteiger partial charge on any atom is -0.427 e. The van der Waals surface area contributed by atoms with E-state index in [1.54, 1.807) is 7.11 Å². The van der Waals surface area contributed by atoms with E-state index in [0.29, 0.717) is 6.54 Å². The number of carbonyl (C=O) groups excluding carboxylic acids is 2. The lowest BCUT2D eigenvalue weighted by Crippen LogP contribution is -2.54. The highest BCUT2D eigenvalue weighted by Crippen LogP contribution is 2.58. The van der Waals surface area contributed by atoms with Crippen LogP contribution in [0.1, 0.15) is 41.9 Å². The zero-order valence-corrected chi connectivity index (χ0v) is 21.0. The molecule has 0 radical (unpaired) electrons. The third-order valence-corrected chi connectivity index (χ3v) is 8.70. The van der Waals surface area contributed by atoms with E-state index in [1.807, 2.05) is 43.3 Å². The van der Waals surface area contributed by atoms with Gasteiger partial charge in [-0.05, 0) is 24.6 Å². The maximum Gasteiger partial charge on any atom is 0.309 e. The van der Waals surface area contributed by atoms with E-state index in [0.717, 1.165) is 54.7 Å². The predicted octanol–water partition coefficient (Wildman–Crippen LogP) is 3.99. The van der Waals surface area contributed by atoms with Crippen LogP contribution in [-0.4, -0.2) is 40.5 Å². The van der Waals surface area contributed by atoms with Crippen LogP contribution in [0.15, 0.2) is 48.5 Å². The third kappa shape index (κ3) is 2.34. The van der Waals surface area contributed by atoms with E-state index < -0.39 is 23.7 Å². The molecule has 3 N–H and O–H groups in total. The van der Waals surface area contributed by atoms with Crippen molar-refractivity contribution in [3.63, 3.8) is 0 Å². The molecule has 2 bridgehead atoms. The van der Waals surface area contributed by atoms with Gasteiger partial charge in [0, 0.05) is 41.7 Å². The fourth-order valence-corrected chi connectivity index (χ4v) is 7.21. The van der Waals surface area contributed by atoms with Crippen molar-refractivity contribution in [1.82, 2.24) is 14.5 Å². The van der Waals surface area contributed by atoms with Crippen molar-refractivity contribution in [2.24, 2.45) is 5.73 Å². The van der Waals surface area contributed by atoms with Crippen LogP contribution < -0.4 is 11.1 Å².